The van der Waals surface area contributed by atoms with Gasteiger partial charge in [0.15, 0.2) is 0 Å². The highest BCUT2D eigenvalue weighted by atomic mass is 32.1. The number of rotatable bonds is 5. The fourth-order valence-electron chi connectivity index (χ4n) is 0.615. The van der Waals surface area contributed by atoms with Crippen molar-refractivity contribution in [2.24, 2.45) is 5.92 Å². The molecule has 0 saturated carbocycles. The van der Waals surface area contributed by atoms with E-state index in [1.165, 1.54) is 5.37 Å². The Kier molecular flexibility index (Phi) is 4.76. The second kappa shape index (κ2) is 5.11. The highest BCUT2D eigenvalue weighted by Gasteiger charge is 2.12. The Bertz CT molecular complexity index is 133. The molecular weight excluding hydrogens is 148 g/mol. The maximum absolute atomic E-state index is 10.4. The standard InChI is InChI=1S/C7H10O2S/c1-2-3-6(4-5-10)7(8)9/h2,5-6H,1,3-4H2,(H,8,9). The van der Waals surface area contributed by atoms with Gasteiger partial charge >= 0.3 is 5.97 Å². The number of carboxylic acid groups (broad SMARTS) is 1. The lowest BCUT2D eigenvalue weighted by Gasteiger charge is -2.03. The van der Waals surface area contributed by atoms with Crippen molar-refractivity contribution in [2.45, 2.75) is 12.8 Å². The smallest absolute Gasteiger partial charge is 0.307 e. The van der Waals surface area contributed by atoms with E-state index in [-0.39, 0.29) is 5.92 Å². The van der Waals surface area contributed by atoms with Crippen LogP contribution in [0.1, 0.15) is 12.8 Å². The molecule has 0 heterocycles. The van der Waals surface area contributed by atoms with Crippen molar-refractivity contribution in [2.75, 3.05) is 0 Å². The van der Waals surface area contributed by atoms with Crippen LogP contribution in [-0.4, -0.2) is 16.4 Å². The van der Waals surface area contributed by atoms with Gasteiger partial charge in [-0.3, -0.25) is 4.79 Å². The van der Waals surface area contributed by atoms with Gasteiger partial charge in [0.25, 0.3) is 0 Å². The Morgan fingerprint density at radius 2 is 2.30 bits per heavy atom. The lowest BCUT2D eigenvalue weighted by molar-refractivity contribution is -0.141. The number of carbonyl (C=O) groups is 1. The van der Waals surface area contributed by atoms with Gasteiger partial charge in [-0.05, 0) is 18.2 Å². The first kappa shape index (κ1) is 9.30. The van der Waals surface area contributed by atoms with E-state index in [1.54, 1.807) is 6.08 Å². The van der Waals surface area contributed by atoms with Gasteiger partial charge in [-0.2, -0.15) is 0 Å². The SMILES string of the molecule is C=CCC(CC=S)C(=O)O. The molecule has 0 saturated heterocycles. The van der Waals surface area contributed by atoms with Crippen LogP contribution in [0.2, 0.25) is 0 Å². The van der Waals surface area contributed by atoms with Gasteiger partial charge in [0.1, 0.15) is 0 Å². The molecule has 0 spiro atoms. The maximum atomic E-state index is 10.4. The fourth-order valence-corrected chi connectivity index (χ4v) is 0.848. The summed E-state index contributed by atoms with van der Waals surface area (Å²) >= 11 is 4.54. The molecule has 0 bridgehead atoms. The molecule has 1 N–H and O–H groups in total. The summed E-state index contributed by atoms with van der Waals surface area (Å²) in [5.74, 6) is -1.18. The summed E-state index contributed by atoms with van der Waals surface area (Å²) in [6, 6.07) is 0. The average Bonchev–Trinajstić information content (AvgIpc) is 1.87. The highest BCUT2D eigenvalue weighted by molar-refractivity contribution is 7.78. The number of carboxylic acids is 1. The first-order valence-corrected chi connectivity index (χ1v) is 3.46. The van der Waals surface area contributed by atoms with Crippen molar-refractivity contribution in [1.82, 2.24) is 0 Å². The predicted molar refractivity (Wildman–Crippen MR) is 44.2 cm³/mol. The van der Waals surface area contributed by atoms with Crippen LogP contribution in [0.15, 0.2) is 12.7 Å². The number of hydrogen-bond donors (Lipinski definition) is 1. The van der Waals surface area contributed by atoms with E-state index in [2.05, 4.69) is 18.8 Å². The topological polar surface area (TPSA) is 37.3 Å². The Labute approximate surface area is 65.6 Å². The minimum Gasteiger partial charge on any atom is -0.481 e. The van der Waals surface area contributed by atoms with Crippen LogP contribution in [0.4, 0.5) is 0 Å². The van der Waals surface area contributed by atoms with Crippen LogP contribution < -0.4 is 0 Å². The second-order valence-corrected chi connectivity index (χ2v) is 2.30. The number of aliphatic carboxylic acids is 1. The molecule has 0 aliphatic carbocycles. The van der Waals surface area contributed by atoms with Crippen LogP contribution in [-0.2, 0) is 4.79 Å². The maximum Gasteiger partial charge on any atom is 0.307 e. The molecule has 0 aromatic rings. The Hall–Kier alpha value is -0.700. The van der Waals surface area contributed by atoms with Crippen LogP contribution in [0.5, 0.6) is 0 Å². The summed E-state index contributed by atoms with van der Waals surface area (Å²) in [7, 11) is 0. The minimum absolute atomic E-state index is 0.380. The molecule has 56 valence electrons. The second-order valence-electron chi connectivity index (χ2n) is 1.96. The first-order valence-electron chi connectivity index (χ1n) is 2.99. The Morgan fingerprint density at radius 1 is 1.70 bits per heavy atom. The van der Waals surface area contributed by atoms with Crippen molar-refractivity contribution >= 4 is 23.6 Å². The lowest BCUT2D eigenvalue weighted by Crippen LogP contribution is -2.12. The molecule has 0 aromatic carbocycles. The van der Waals surface area contributed by atoms with Gasteiger partial charge < -0.3 is 5.11 Å². The van der Waals surface area contributed by atoms with Gasteiger partial charge in [-0.15, -0.1) is 6.58 Å². The summed E-state index contributed by atoms with van der Waals surface area (Å²) in [4.78, 5) is 10.4. The van der Waals surface area contributed by atoms with Gasteiger partial charge in [-0.25, -0.2) is 0 Å². The van der Waals surface area contributed by atoms with E-state index < -0.39 is 5.97 Å². The van der Waals surface area contributed by atoms with Crippen molar-refractivity contribution in [3.8, 4) is 0 Å². The van der Waals surface area contributed by atoms with Crippen molar-refractivity contribution in [3.05, 3.63) is 12.7 Å². The molecule has 1 atom stereocenters. The molecule has 0 rings (SSSR count). The van der Waals surface area contributed by atoms with E-state index in [0.29, 0.717) is 12.8 Å². The van der Waals surface area contributed by atoms with Crippen LogP contribution in [0, 0.1) is 5.92 Å². The fraction of sp³-hybridized carbons (Fsp3) is 0.429. The van der Waals surface area contributed by atoms with Crippen molar-refractivity contribution in [1.29, 1.82) is 0 Å². The minimum atomic E-state index is -0.805. The predicted octanol–water partition coefficient (Wildman–Crippen LogP) is 1.65. The lowest BCUT2D eigenvalue weighted by atomic mass is 10.0. The molecule has 10 heavy (non-hydrogen) atoms. The third-order valence-corrected chi connectivity index (χ3v) is 1.37. The normalized spacial score (nSPS) is 12.0. The van der Waals surface area contributed by atoms with E-state index in [1.807, 2.05) is 0 Å². The van der Waals surface area contributed by atoms with Crippen LogP contribution >= 0.6 is 12.2 Å². The monoisotopic (exact) mass is 158 g/mol. The molecule has 0 amide bonds. The molecule has 0 aromatic heterocycles. The Morgan fingerprint density at radius 3 is 2.60 bits per heavy atom. The van der Waals surface area contributed by atoms with E-state index in [9.17, 15) is 4.79 Å². The van der Waals surface area contributed by atoms with Crippen molar-refractivity contribution in [3.63, 3.8) is 0 Å². The zero-order chi connectivity index (χ0) is 7.98. The summed E-state index contributed by atoms with van der Waals surface area (Å²) in [6.45, 7) is 3.45. The van der Waals surface area contributed by atoms with E-state index in [4.69, 9.17) is 5.11 Å². The van der Waals surface area contributed by atoms with Gasteiger partial charge in [0.2, 0.25) is 0 Å². The average molecular weight is 158 g/mol. The molecule has 3 heteroatoms. The zero-order valence-corrected chi connectivity index (χ0v) is 6.43. The quantitative estimate of drug-likeness (QED) is 0.488. The van der Waals surface area contributed by atoms with Gasteiger partial charge in [0.05, 0.1) is 5.92 Å². The molecule has 0 radical (unpaired) electrons. The molecular formula is C7H10O2S. The van der Waals surface area contributed by atoms with E-state index in [0.717, 1.165) is 0 Å². The number of thiocarbonyl (C=S) groups is 1. The largest absolute Gasteiger partial charge is 0.481 e. The highest BCUT2D eigenvalue weighted by Crippen LogP contribution is 2.07. The van der Waals surface area contributed by atoms with Gasteiger partial charge in [0, 0.05) is 0 Å². The molecule has 1 unspecified atom stereocenters. The van der Waals surface area contributed by atoms with Crippen LogP contribution in [0.25, 0.3) is 0 Å². The summed E-state index contributed by atoms with van der Waals surface area (Å²) in [6.07, 6.45) is 2.52. The summed E-state index contributed by atoms with van der Waals surface area (Å²) in [5, 5.41) is 9.97. The molecule has 2 nitrogen and oxygen atoms in total. The Balaban J connectivity index is 3.83. The zero-order valence-electron chi connectivity index (χ0n) is 5.62. The van der Waals surface area contributed by atoms with Gasteiger partial charge in [-0.1, -0.05) is 18.3 Å². The van der Waals surface area contributed by atoms with Crippen molar-refractivity contribution < 1.29 is 9.90 Å². The molecule has 0 aliphatic rings. The molecule has 0 fully saturated rings. The van der Waals surface area contributed by atoms with Crippen LogP contribution in [0.3, 0.4) is 0 Å². The molecule has 0 aliphatic heterocycles. The van der Waals surface area contributed by atoms with E-state index >= 15 is 0 Å². The third kappa shape index (κ3) is 3.35. The number of allylic oxidation sites excluding steroid dienone is 1. The first-order chi connectivity index (χ1) is 4.72. The number of hydrogen-bond acceptors (Lipinski definition) is 2. The summed E-state index contributed by atoms with van der Waals surface area (Å²) < 4.78 is 0. The third-order valence-electron chi connectivity index (χ3n) is 1.18. The summed E-state index contributed by atoms with van der Waals surface area (Å²) in [5.41, 5.74) is 0.